The van der Waals surface area contributed by atoms with Crippen LogP contribution in [0.2, 0.25) is 31.2 Å². The van der Waals surface area contributed by atoms with E-state index in [1.807, 2.05) is 0 Å². The third kappa shape index (κ3) is 5.64. The van der Waals surface area contributed by atoms with Crippen molar-refractivity contribution in [3.8, 4) is 0 Å². The average Bonchev–Trinajstić information content (AvgIpc) is 1.80. The highest BCUT2D eigenvalue weighted by Gasteiger charge is 2.22. The summed E-state index contributed by atoms with van der Waals surface area (Å²) in [5.41, 5.74) is 0.798. The van der Waals surface area contributed by atoms with Gasteiger partial charge in [0.25, 0.3) is 0 Å². The zero-order valence-electron chi connectivity index (χ0n) is 8.77. The van der Waals surface area contributed by atoms with Gasteiger partial charge in [0.1, 0.15) is 0 Å². The summed E-state index contributed by atoms with van der Waals surface area (Å²) in [5, 5.41) is 0. The van der Waals surface area contributed by atoms with E-state index in [0.717, 1.165) is 5.54 Å². The van der Waals surface area contributed by atoms with Gasteiger partial charge >= 0.3 is 0 Å². The summed E-state index contributed by atoms with van der Waals surface area (Å²) in [7, 11) is -2.09. The number of hydrogen-bond donors (Lipinski definition) is 0. The number of hydrogen-bond acceptors (Lipinski definition) is 1. The molecular formula is C8H22OSi2. The highest BCUT2D eigenvalue weighted by atomic mass is 28.4. The van der Waals surface area contributed by atoms with E-state index in [-0.39, 0.29) is 0 Å². The molecule has 11 heavy (non-hydrogen) atoms. The molecule has 0 saturated carbocycles. The maximum absolute atomic E-state index is 6.13. The SMILES string of the molecule is CC[SiH](O[Si](C)(C)C)C(C)C. The summed E-state index contributed by atoms with van der Waals surface area (Å²) >= 11 is 0. The fourth-order valence-corrected chi connectivity index (χ4v) is 7.48. The van der Waals surface area contributed by atoms with E-state index in [9.17, 15) is 0 Å². The van der Waals surface area contributed by atoms with Crippen LogP contribution in [0.5, 0.6) is 0 Å². The molecule has 0 aromatic rings. The average molecular weight is 190 g/mol. The van der Waals surface area contributed by atoms with Gasteiger partial charge in [-0.05, 0) is 31.2 Å². The van der Waals surface area contributed by atoms with Crippen LogP contribution >= 0.6 is 0 Å². The third-order valence-electron chi connectivity index (χ3n) is 1.65. The second-order valence-corrected chi connectivity index (χ2v) is 12.8. The van der Waals surface area contributed by atoms with Crippen LogP contribution in [0.25, 0.3) is 0 Å². The van der Waals surface area contributed by atoms with Crippen LogP contribution in [0.3, 0.4) is 0 Å². The van der Waals surface area contributed by atoms with Crippen LogP contribution in [0.1, 0.15) is 20.8 Å². The van der Waals surface area contributed by atoms with E-state index in [0.29, 0.717) is 0 Å². The molecule has 3 heteroatoms. The van der Waals surface area contributed by atoms with Gasteiger partial charge in [0.15, 0.2) is 17.4 Å². The van der Waals surface area contributed by atoms with Gasteiger partial charge in [-0.15, -0.1) is 0 Å². The van der Waals surface area contributed by atoms with Crippen molar-refractivity contribution in [3.63, 3.8) is 0 Å². The van der Waals surface area contributed by atoms with Crippen molar-refractivity contribution in [2.75, 3.05) is 0 Å². The standard InChI is InChI=1S/C8H22OSi2/c1-7-10(8(2)3)9-11(4,5)6/h8,10H,7H2,1-6H3. The molecule has 1 atom stereocenters. The lowest BCUT2D eigenvalue weighted by Crippen LogP contribution is -2.36. The highest BCUT2D eigenvalue weighted by Crippen LogP contribution is 2.17. The first-order valence-corrected chi connectivity index (χ1v) is 9.91. The molecule has 0 amide bonds. The van der Waals surface area contributed by atoms with Crippen molar-refractivity contribution in [2.45, 2.75) is 52.0 Å². The summed E-state index contributed by atoms with van der Waals surface area (Å²) < 4.78 is 6.13. The minimum Gasteiger partial charge on any atom is -0.458 e. The van der Waals surface area contributed by atoms with Crippen molar-refractivity contribution < 1.29 is 4.12 Å². The Morgan fingerprint density at radius 3 is 1.82 bits per heavy atom. The van der Waals surface area contributed by atoms with Gasteiger partial charge in [-0.1, -0.05) is 20.8 Å². The molecular weight excluding hydrogens is 168 g/mol. The second-order valence-electron chi connectivity index (χ2n) is 4.42. The van der Waals surface area contributed by atoms with Crippen molar-refractivity contribution in [3.05, 3.63) is 0 Å². The molecule has 0 heterocycles. The molecule has 0 rings (SSSR count). The Kier molecular flexibility index (Phi) is 4.59. The molecule has 0 N–H and O–H groups in total. The largest absolute Gasteiger partial charge is 0.458 e. The smallest absolute Gasteiger partial charge is 0.170 e. The molecule has 1 unspecified atom stereocenters. The highest BCUT2D eigenvalue weighted by molar-refractivity contribution is 6.77. The first kappa shape index (κ1) is 11.4. The van der Waals surface area contributed by atoms with Gasteiger partial charge < -0.3 is 4.12 Å². The van der Waals surface area contributed by atoms with E-state index in [2.05, 4.69) is 40.4 Å². The van der Waals surface area contributed by atoms with Crippen LogP contribution in [0.4, 0.5) is 0 Å². The third-order valence-corrected chi connectivity index (χ3v) is 7.98. The Morgan fingerprint density at radius 2 is 1.73 bits per heavy atom. The van der Waals surface area contributed by atoms with Crippen molar-refractivity contribution in [1.29, 1.82) is 0 Å². The summed E-state index contributed by atoms with van der Waals surface area (Å²) in [6.07, 6.45) is 0. The molecule has 0 bridgehead atoms. The maximum atomic E-state index is 6.13. The second kappa shape index (κ2) is 4.43. The summed E-state index contributed by atoms with van der Waals surface area (Å²) in [5.74, 6) is 0. The quantitative estimate of drug-likeness (QED) is 0.619. The van der Waals surface area contributed by atoms with Gasteiger partial charge in [0.05, 0.1) is 0 Å². The Hall–Kier alpha value is 0.394. The summed E-state index contributed by atoms with van der Waals surface area (Å²) in [6.45, 7) is 13.7. The predicted molar refractivity (Wildman–Crippen MR) is 57.2 cm³/mol. The first-order chi connectivity index (χ1) is 4.87. The molecule has 0 aliphatic carbocycles. The fourth-order valence-electron chi connectivity index (χ4n) is 1.14. The van der Waals surface area contributed by atoms with Crippen molar-refractivity contribution >= 4 is 17.4 Å². The monoisotopic (exact) mass is 190 g/mol. The molecule has 0 aromatic carbocycles. The van der Waals surface area contributed by atoms with Gasteiger partial charge in [-0.2, -0.15) is 0 Å². The minimum absolute atomic E-state index is 0.798. The lowest BCUT2D eigenvalue weighted by atomic mass is 10.6. The molecule has 0 aliphatic heterocycles. The lowest BCUT2D eigenvalue weighted by Gasteiger charge is -2.27. The molecule has 0 radical (unpaired) electrons. The van der Waals surface area contributed by atoms with Crippen molar-refractivity contribution in [2.24, 2.45) is 0 Å². The van der Waals surface area contributed by atoms with Crippen molar-refractivity contribution in [1.82, 2.24) is 0 Å². The maximum Gasteiger partial charge on any atom is 0.170 e. The molecule has 68 valence electrons. The lowest BCUT2D eigenvalue weighted by molar-refractivity contribution is 0.552. The number of rotatable bonds is 4. The molecule has 0 fully saturated rings. The van der Waals surface area contributed by atoms with Crippen LogP contribution in [0, 0.1) is 0 Å². The van der Waals surface area contributed by atoms with Gasteiger partial charge in [0.2, 0.25) is 0 Å². The first-order valence-electron chi connectivity index (χ1n) is 4.54. The minimum atomic E-state index is -1.24. The Balaban J connectivity index is 3.88. The Morgan fingerprint density at radius 1 is 1.27 bits per heavy atom. The van der Waals surface area contributed by atoms with E-state index in [4.69, 9.17) is 4.12 Å². The van der Waals surface area contributed by atoms with E-state index in [1.54, 1.807) is 0 Å². The van der Waals surface area contributed by atoms with E-state index < -0.39 is 17.4 Å². The summed E-state index contributed by atoms with van der Waals surface area (Å²) in [6, 6.07) is 1.28. The molecule has 1 nitrogen and oxygen atoms in total. The Labute approximate surface area is 74.0 Å². The Bertz CT molecular complexity index is 107. The molecule has 0 aliphatic rings. The van der Waals surface area contributed by atoms with Crippen LogP contribution in [-0.4, -0.2) is 17.4 Å². The normalized spacial score (nSPS) is 15.5. The molecule has 0 spiro atoms. The summed E-state index contributed by atoms with van der Waals surface area (Å²) in [4.78, 5) is 0. The zero-order valence-corrected chi connectivity index (χ0v) is 10.9. The fraction of sp³-hybridized carbons (Fsp3) is 1.00. The predicted octanol–water partition coefficient (Wildman–Crippen LogP) is 2.99. The van der Waals surface area contributed by atoms with E-state index >= 15 is 0 Å². The topological polar surface area (TPSA) is 9.23 Å². The van der Waals surface area contributed by atoms with Crippen LogP contribution < -0.4 is 0 Å². The van der Waals surface area contributed by atoms with E-state index in [1.165, 1.54) is 6.04 Å². The zero-order chi connectivity index (χ0) is 9.07. The molecule has 0 aromatic heterocycles. The van der Waals surface area contributed by atoms with Gasteiger partial charge in [-0.25, -0.2) is 0 Å². The van der Waals surface area contributed by atoms with Crippen LogP contribution in [-0.2, 0) is 4.12 Å². The van der Waals surface area contributed by atoms with Gasteiger partial charge in [-0.3, -0.25) is 0 Å². The van der Waals surface area contributed by atoms with Crippen LogP contribution in [0.15, 0.2) is 0 Å². The molecule has 0 saturated heterocycles. The van der Waals surface area contributed by atoms with Gasteiger partial charge in [0, 0.05) is 0 Å².